The second-order valence-electron chi connectivity index (χ2n) is 6.58. The largest absolute Gasteiger partial charge is 0.380 e. The normalized spacial score (nSPS) is 23.3. The molecule has 2 rings (SSSR count). The van der Waals surface area contributed by atoms with Crippen molar-refractivity contribution >= 4 is 11.6 Å². The number of ether oxygens (including phenoxy) is 1. The first kappa shape index (κ1) is 15.9. The molecule has 1 aliphatic rings. The number of nitrogens with zero attached hydrogens (tertiary/aromatic N) is 3. The summed E-state index contributed by atoms with van der Waals surface area (Å²) in [6.07, 6.45) is 4.15. The fraction of sp³-hybridized carbons (Fsp3) is 0.667. The average Bonchev–Trinajstić information content (AvgIpc) is 2.80. The van der Waals surface area contributed by atoms with Gasteiger partial charge in [-0.3, -0.25) is 9.69 Å². The Labute approximate surface area is 125 Å². The number of methoxy groups -OCH3 is 1. The molecule has 0 unspecified atom stereocenters. The van der Waals surface area contributed by atoms with Gasteiger partial charge >= 0.3 is 0 Å². The lowest BCUT2D eigenvalue weighted by Gasteiger charge is -2.19. The van der Waals surface area contributed by atoms with E-state index in [4.69, 9.17) is 4.74 Å². The fourth-order valence-corrected chi connectivity index (χ4v) is 2.44. The number of rotatable bonds is 3. The highest BCUT2D eigenvalue weighted by molar-refractivity contribution is 5.94. The van der Waals surface area contributed by atoms with E-state index < -0.39 is 0 Å². The van der Waals surface area contributed by atoms with E-state index in [1.165, 1.54) is 0 Å². The van der Waals surface area contributed by atoms with Gasteiger partial charge in [0.1, 0.15) is 5.82 Å². The fourth-order valence-electron chi connectivity index (χ4n) is 2.44. The van der Waals surface area contributed by atoms with Gasteiger partial charge in [-0.15, -0.1) is 0 Å². The van der Waals surface area contributed by atoms with E-state index in [2.05, 4.69) is 36.1 Å². The molecule has 116 valence electrons. The lowest BCUT2D eigenvalue weighted by molar-refractivity contribution is -0.120. The molecule has 1 saturated heterocycles. The zero-order valence-corrected chi connectivity index (χ0v) is 13.4. The third kappa shape index (κ3) is 3.77. The van der Waals surface area contributed by atoms with Gasteiger partial charge in [0.2, 0.25) is 5.91 Å². The van der Waals surface area contributed by atoms with E-state index in [0.717, 1.165) is 12.4 Å². The first-order valence-electron chi connectivity index (χ1n) is 7.17. The summed E-state index contributed by atoms with van der Waals surface area (Å²) >= 11 is 0. The highest BCUT2D eigenvalue weighted by atomic mass is 16.5. The van der Waals surface area contributed by atoms with Crippen LogP contribution in [0, 0.1) is 0 Å². The summed E-state index contributed by atoms with van der Waals surface area (Å²) in [6.45, 7) is 6.94. The van der Waals surface area contributed by atoms with E-state index in [9.17, 15) is 4.79 Å². The van der Waals surface area contributed by atoms with Crippen molar-refractivity contribution in [1.29, 1.82) is 0 Å². The summed E-state index contributed by atoms with van der Waals surface area (Å²) in [5, 5.41) is 2.88. The van der Waals surface area contributed by atoms with Crippen LogP contribution in [0.1, 0.15) is 33.0 Å². The number of amides is 1. The van der Waals surface area contributed by atoms with Crippen molar-refractivity contribution in [2.75, 3.05) is 26.0 Å². The predicted octanol–water partition coefficient (Wildman–Crippen LogP) is 1.43. The Bertz CT molecular complexity index is 495. The third-order valence-electron chi connectivity index (χ3n) is 3.74. The molecule has 1 amide bonds. The van der Waals surface area contributed by atoms with Crippen molar-refractivity contribution in [1.82, 2.24) is 14.9 Å². The van der Waals surface area contributed by atoms with Crippen molar-refractivity contribution in [3.63, 3.8) is 0 Å². The van der Waals surface area contributed by atoms with Crippen LogP contribution in [0.25, 0.3) is 0 Å². The maximum Gasteiger partial charge on any atom is 0.241 e. The van der Waals surface area contributed by atoms with Gasteiger partial charge in [-0.2, -0.15) is 0 Å². The Hall–Kier alpha value is -1.53. The van der Waals surface area contributed by atoms with Crippen LogP contribution >= 0.6 is 0 Å². The van der Waals surface area contributed by atoms with Gasteiger partial charge < -0.3 is 10.1 Å². The highest BCUT2D eigenvalue weighted by Gasteiger charge is 2.34. The second kappa shape index (κ2) is 6.07. The molecular formula is C15H24N4O2. The number of carbonyl (C=O) groups is 1. The van der Waals surface area contributed by atoms with Gasteiger partial charge in [0.15, 0.2) is 0 Å². The topological polar surface area (TPSA) is 67.3 Å². The van der Waals surface area contributed by atoms with Gasteiger partial charge in [-0.05, 0) is 13.5 Å². The summed E-state index contributed by atoms with van der Waals surface area (Å²) < 4.78 is 5.32. The van der Waals surface area contributed by atoms with E-state index in [1.807, 2.05) is 11.9 Å². The van der Waals surface area contributed by atoms with Gasteiger partial charge in [0, 0.05) is 19.1 Å². The van der Waals surface area contributed by atoms with Crippen LogP contribution in [0.4, 0.5) is 5.69 Å². The van der Waals surface area contributed by atoms with E-state index in [-0.39, 0.29) is 23.5 Å². The molecule has 0 aromatic carbocycles. The van der Waals surface area contributed by atoms with Gasteiger partial charge in [-0.25, -0.2) is 9.97 Å². The quantitative estimate of drug-likeness (QED) is 0.913. The van der Waals surface area contributed by atoms with E-state index in [1.54, 1.807) is 19.5 Å². The Morgan fingerprint density at radius 2 is 2.00 bits per heavy atom. The molecule has 0 saturated carbocycles. The monoisotopic (exact) mass is 292 g/mol. The molecule has 1 aromatic rings. The number of hydrogen-bond donors (Lipinski definition) is 1. The van der Waals surface area contributed by atoms with Gasteiger partial charge in [0.05, 0.1) is 30.2 Å². The summed E-state index contributed by atoms with van der Waals surface area (Å²) in [5.41, 5.74) is 0.530. The van der Waals surface area contributed by atoms with E-state index >= 15 is 0 Å². The van der Waals surface area contributed by atoms with Crippen molar-refractivity contribution in [2.45, 2.75) is 44.8 Å². The second-order valence-corrected chi connectivity index (χ2v) is 6.58. The van der Waals surface area contributed by atoms with Crippen molar-refractivity contribution < 1.29 is 9.53 Å². The maximum atomic E-state index is 12.3. The number of hydrogen-bond acceptors (Lipinski definition) is 5. The molecule has 1 aromatic heterocycles. The Kier molecular flexibility index (Phi) is 4.58. The van der Waals surface area contributed by atoms with Crippen molar-refractivity contribution in [2.24, 2.45) is 0 Å². The van der Waals surface area contributed by atoms with Crippen LogP contribution in [0.3, 0.4) is 0 Å². The van der Waals surface area contributed by atoms with Crippen molar-refractivity contribution in [3.8, 4) is 0 Å². The van der Waals surface area contributed by atoms with Gasteiger partial charge in [-0.1, -0.05) is 20.8 Å². The molecule has 0 radical (unpaired) electrons. The molecule has 21 heavy (non-hydrogen) atoms. The number of likely N-dealkylation sites (tertiary alicyclic amines) is 1. The minimum Gasteiger partial charge on any atom is -0.380 e. The summed E-state index contributed by atoms with van der Waals surface area (Å²) in [5.74, 6) is 0.724. The van der Waals surface area contributed by atoms with E-state index in [0.29, 0.717) is 12.1 Å². The molecule has 1 aliphatic heterocycles. The van der Waals surface area contributed by atoms with Crippen LogP contribution in [0.15, 0.2) is 12.4 Å². The molecule has 2 heterocycles. The number of anilines is 1. The molecule has 2 atom stereocenters. The molecule has 1 N–H and O–H groups in total. The van der Waals surface area contributed by atoms with Crippen molar-refractivity contribution in [3.05, 3.63) is 18.2 Å². The van der Waals surface area contributed by atoms with Crippen LogP contribution in [-0.2, 0) is 14.9 Å². The van der Waals surface area contributed by atoms with Crippen LogP contribution in [0.2, 0.25) is 0 Å². The molecule has 0 aliphatic carbocycles. The first-order valence-corrected chi connectivity index (χ1v) is 7.17. The Morgan fingerprint density at radius 3 is 2.48 bits per heavy atom. The first-order chi connectivity index (χ1) is 9.81. The smallest absolute Gasteiger partial charge is 0.241 e. The molecule has 6 nitrogen and oxygen atoms in total. The van der Waals surface area contributed by atoms with Crippen LogP contribution < -0.4 is 5.32 Å². The molecule has 0 bridgehead atoms. The SMILES string of the molecule is CO[C@H]1C[C@@H](C(=O)Nc2cnc(C(C)(C)C)nc2)N(C)C1. The van der Waals surface area contributed by atoms with Crippen LogP contribution in [0.5, 0.6) is 0 Å². The minimum absolute atomic E-state index is 0.0378. The minimum atomic E-state index is -0.169. The molecular weight excluding hydrogens is 268 g/mol. The van der Waals surface area contributed by atoms with Gasteiger partial charge in [0.25, 0.3) is 0 Å². The zero-order chi connectivity index (χ0) is 15.6. The lowest BCUT2D eigenvalue weighted by atomic mass is 9.96. The number of likely N-dealkylation sites (N-methyl/N-ethyl adjacent to an activating group) is 1. The molecule has 1 fully saturated rings. The Morgan fingerprint density at radius 1 is 1.38 bits per heavy atom. The third-order valence-corrected chi connectivity index (χ3v) is 3.74. The number of nitrogens with one attached hydrogen (secondary N) is 1. The summed E-state index contributed by atoms with van der Waals surface area (Å²) in [6, 6.07) is -0.169. The lowest BCUT2D eigenvalue weighted by Crippen LogP contribution is -2.37. The Balaban J connectivity index is 2.00. The standard InChI is InChI=1S/C15H24N4O2/c1-15(2,3)14-16-7-10(8-17-14)18-13(20)12-6-11(21-5)9-19(12)4/h7-8,11-12H,6,9H2,1-5H3,(H,18,20)/t11-,12-/m0/s1. The predicted molar refractivity (Wildman–Crippen MR) is 81.2 cm³/mol. The average molecular weight is 292 g/mol. The summed E-state index contributed by atoms with van der Waals surface area (Å²) in [4.78, 5) is 22.9. The number of aromatic nitrogens is 2. The molecule has 6 heteroatoms. The summed E-state index contributed by atoms with van der Waals surface area (Å²) in [7, 11) is 3.61. The zero-order valence-electron chi connectivity index (χ0n) is 13.4. The van der Waals surface area contributed by atoms with Crippen LogP contribution in [-0.4, -0.2) is 53.6 Å². The highest BCUT2D eigenvalue weighted by Crippen LogP contribution is 2.21. The molecule has 0 spiro atoms. The maximum absolute atomic E-state index is 12.3. The number of carbonyl (C=O) groups excluding carboxylic acids is 1.